The lowest BCUT2D eigenvalue weighted by molar-refractivity contribution is -0.136. The number of hydrogen-bond donors (Lipinski definition) is 1. The highest BCUT2D eigenvalue weighted by atomic mass is 16.5. The van der Waals surface area contributed by atoms with Crippen LogP contribution in [0.15, 0.2) is 42.6 Å². The minimum atomic E-state index is -0.856. The van der Waals surface area contributed by atoms with E-state index >= 15 is 0 Å². The standard InChI is InChI=1S/C14H13NO3/c1-18-12-4-2-3-11(8-12)13-6-5-10(9-15-13)7-14(16)17/h2-6,8-9H,7H2,1H3,(H,16,17). The molecular formula is C14H13NO3. The Kier molecular flexibility index (Phi) is 3.57. The number of aliphatic carboxylic acids is 1. The largest absolute Gasteiger partial charge is 0.497 e. The van der Waals surface area contributed by atoms with Gasteiger partial charge in [-0.3, -0.25) is 9.78 Å². The van der Waals surface area contributed by atoms with Gasteiger partial charge < -0.3 is 9.84 Å². The molecule has 1 N–H and O–H groups in total. The number of methoxy groups -OCH3 is 1. The second-order valence-electron chi connectivity index (χ2n) is 3.85. The van der Waals surface area contributed by atoms with E-state index in [9.17, 15) is 4.79 Å². The van der Waals surface area contributed by atoms with Gasteiger partial charge in [0.25, 0.3) is 0 Å². The van der Waals surface area contributed by atoms with E-state index in [4.69, 9.17) is 9.84 Å². The van der Waals surface area contributed by atoms with Crippen LogP contribution in [0.4, 0.5) is 0 Å². The van der Waals surface area contributed by atoms with Gasteiger partial charge in [-0.25, -0.2) is 0 Å². The molecule has 0 saturated heterocycles. The van der Waals surface area contributed by atoms with E-state index in [2.05, 4.69) is 4.98 Å². The molecule has 0 unspecified atom stereocenters. The molecule has 0 radical (unpaired) electrons. The number of carbonyl (C=O) groups is 1. The van der Waals surface area contributed by atoms with Gasteiger partial charge in [0.15, 0.2) is 0 Å². The first kappa shape index (κ1) is 12.1. The zero-order valence-electron chi connectivity index (χ0n) is 9.96. The second kappa shape index (κ2) is 5.31. The van der Waals surface area contributed by atoms with E-state index in [1.165, 1.54) is 0 Å². The van der Waals surface area contributed by atoms with Crippen molar-refractivity contribution < 1.29 is 14.6 Å². The molecule has 0 aliphatic heterocycles. The van der Waals surface area contributed by atoms with Gasteiger partial charge in [-0.1, -0.05) is 18.2 Å². The van der Waals surface area contributed by atoms with Gasteiger partial charge >= 0.3 is 5.97 Å². The van der Waals surface area contributed by atoms with Crippen LogP contribution in [-0.4, -0.2) is 23.2 Å². The SMILES string of the molecule is COc1cccc(-c2ccc(CC(=O)O)cn2)c1. The molecule has 4 heteroatoms. The highest BCUT2D eigenvalue weighted by molar-refractivity contribution is 5.70. The maximum absolute atomic E-state index is 10.6. The predicted molar refractivity (Wildman–Crippen MR) is 67.6 cm³/mol. The third-order valence-electron chi connectivity index (χ3n) is 2.55. The highest BCUT2D eigenvalue weighted by Crippen LogP contribution is 2.22. The minimum absolute atomic E-state index is 0.00854. The van der Waals surface area contributed by atoms with E-state index < -0.39 is 5.97 Å². The number of ether oxygens (including phenoxy) is 1. The van der Waals surface area contributed by atoms with Crippen LogP contribution in [0, 0.1) is 0 Å². The molecule has 0 fully saturated rings. The molecule has 0 aliphatic rings. The predicted octanol–water partition coefficient (Wildman–Crippen LogP) is 2.38. The van der Waals surface area contributed by atoms with E-state index in [0.717, 1.165) is 17.0 Å². The lowest BCUT2D eigenvalue weighted by Gasteiger charge is -2.04. The van der Waals surface area contributed by atoms with E-state index in [1.54, 1.807) is 19.4 Å². The number of aromatic nitrogens is 1. The smallest absolute Gasteiger partial charge is 0.307 e. The van der Waals surface area contributed by atoms with Crippen LogP contribution >= 0.6 is 0 Å². The highest BCUT2D eigenvalue weighted by Gasteiger charge is 2.03. The number of hydrogen-bond acceptors (Lipinski definition) is 3. The molecule has 92 valence electrons. The summed E-state index contributed by atoms with van der Waals surface area (Å²) < 4.78 is 5.15. The monoisotopic (exact) mass is 243 g/mol. The fourth-order valence-corrected chi connectivity index (χ4v) is 1.66. The average Bonchev–Trinajstić information content (AvgIpc) is 2.39. The first-order chi connectivity index (χ1) is 8.69. The summed E-state index contributed by atoms with van der Waals surface area (Å²) in [6.07, 6.45) is 1.58. The quantitative estimate of drug-likeness (QED) is 0.895. The van der Waals surface area contributed by atoms with Gasteiger partial charge in [0.1, 0.15) is 5.75 Å². The summed E-state index contributed by atoms with van der Waals surface area (Å²) in [6.45, 7) is 0. The number of rotatable bonds is 4. The number of pyridine rings is 1. The summed E-state index contributed by atoms with van der Waals surface area (Å²) in [5.74, 6) is -0.0881. The molecule has 0 spiro atoms. The second-order valence-corrected chi connectivity index (χ2v) is 3.85. The van der Waals surface area contributed by atoms with Crippen molar-refractivity contribution >= 4 is 5.97 Å². The summed E-state index contributed by atoms with van der Waals surface area (Å²) in [5.41, 5.74) is 2.42. The van der Waals surface area contributed by atoms with Crippen LogP contribution in [0.2, 0.25) is 0 Å². The first-order valence-corrected chi connectivity index (χ1v) is 5.50. The zero-order chi connectivity index (χ0) is 13.0. The fraction of sp³-hybridized carbons (Fsp3) is 0.143. The first-order valence-electron chi connectivity index (χ1n) is 5.50. The Labute approximate surface area is 105 Å². The van der Waals surface area contributed by atoms with Crippen molar-refractivity contribution in [1.82, 2.24) is 4.98 Å². The van der Waals surface area contributed by atoms with E-state index in [-0.39, 0.29) is 6.42 Å². The molecule has 0 aliphatic carbocycles. The molecule has 1 aromatic carbocycles. The molecule has 18 heavy (non-hydrogen) atoms. The lowest BCUT2D eigenvalue weighted by Crippen LogP contribution is -2.00. The fourth-order valence-electron chi connectivity index (χ4n) is 1.66. The Morgan fingerprint density at radius 3 is 2.78 bits per heavy atom. The minimum Gasteiger partial charge on any atom is -0.497 e. The Morgan fingerprint density at radius 2 is 2.17 bits per heavy atom. The van der Waals surface area contributed by atoms with Gasteiger partial charge in [0, 0.05) is 11.8 Å². The van der Waals surface area contributed by atoms with Crippen molar-refractivity contribution in [3.63, 3.8) is 0 Å². The van der Waals surface area contributed by atoms with E-state index in [0.29, 0.717) is 5.56 Å². The van der Waals surface area contributed by atoms with Crippen molar-refractivity contribution in [1.29, 1.82) is 0 Å². The van der Waals surface area contributed by atoms with Crippen LogP contribution < -0.4 is 4.74 Å². The summed E-state index contributed by atoms with van der Waals surface area (Å²) in [7, 11) is 1.61. The maximum atomic E-state index is 10.6. The number of nitrogens with zero attached hydrogens (tertiary/aromatic N) is 1. The van der Waals surface area contributed by atoms with Crippen LogP contribution in [0.3, 0.4) is 0 Å². The molecule has 0 amide bonds. The normalized spacial score (nSPS) is 10.1. The van der Waals surface area contributed by atoms with Gasteiger partial charge in [-0.15, -0.1) is 0 Å². The third kappa shape index (κ3) is 2.85. The zero-order valence-corrected chi connectivity index (χ0v) is 9.96. The summed E-state index contributed by atoms with van der Waals surface area (Å²) in [4.78, 5) is 14.8. The van der Waals surface area contributed by atoms with Crippen molar-refractivity contribution in [2.45, 2.75) is 6.42 Å². The molecule has 1 aromatic heterocycles. The summed E-state index contributed by atoms with van der Waals surface area (Å²) >= 11 is 0. The van der Waals surface area contributed by atoms with Crippen LogP contribution in [-0.2, 0) is 11.2 Å². The van der Waals surface area contributed by atoms with Crippen molar-refractivity contribution in [3.8, 4) is 17.0 Å². The Bertz CT molecular complexity index is 549. The molecule has 2 aromatic rings. The third-order valence-corrected chi connectivity index (χ3v) is 2.55. The molecule has 0 bridgehead atoms. The van der Waals surface area contributed by atoms with E-state index in [1.807, 2.05) is 30.3 Å². The molecule has 1 heterocycles. The molecule has 0 atom stereocenters. The molecule has 0 saturated carbocycles. The Balaban J connectivity index is 2.25. The van der Waals surface area contributed by atoms with Gasteiger partial charge in [0.05, 0.1) is 19.2 Å². The van der Waals surface area contributed by atoms with Crippen molar-refractivity contribution in [2.75, 3.05) is 7.11 Å². The van der Waals surface area contributed by atoms with Gasteiger partial charge in [-0.2, -0.15) is 0 Å². The van der Waals surface area contributed by atoms with Crippen molar-refractivity contribution in [2.24, 2.45) is 0 Å². The van der Waals surface area contributed by atoms with Gasteiger partial charge in [0.2, 0.25) is 0 Å². The maximum Gasteiger partial charge on any atom is 0.307 e. The molecule has 2 rings (SSSR count). The number of carboxylic acid groups (broad SMARTS) is 1. The van der Waals surface area contributed by atoms with Crippen LogP contribution in [0.1, 0.15) is 5.56 Å². The molecule has 4 nitrogen and oxygen atoms in total. The summed E-state index contributed by atoms with van der Waals surface area (Å²) in [5, 5.41) is 8.68. The van der Waals surface area contributed by atoms with Gasteiger partial charge in [-0.05, 0) is 23.8 Å². The summed E-state index contributed by atoms with van der Waals surface area (Å²) in [6, 6.07) is 11.2. The van der Waals surface area contributed by atoms with Crippen LogP contribution in [0.25, 0.3) is 11.3 Å². The average molecular weight is 243 g/mol. The number of benzene rings is 1. The Hall–Kier alpha value is -2.36. The lowest BCUT2D eigenvalue weighted by atomic mass is 10.1. The van der Waals surface area contributed by atoms with Crippen LogP contribution in [0.5, 0.6) is 5.75 Å². The molecular weight excluding hydrogens is 230 g/mol. The Morgan fingerprint density at radius 1 is 1.33 bits per heavy atom. The number of carboxylic acids is 1. The van der Waals surface area contributed by atoms with Crippen molar-refractivity contribution in [3.05, 3.63) is 48.2 Å². The topological polar surface area (TPSA) is 59.4 Å².